The van der Waals surface area contributed by atoms with Gasteiger partial charge in [-0.2, -0.15) is 0 Å². The van der Waals surface area contributed by atoms with Gasteiger partial charge in [0.05, 0.1) is 13.2 Å². The lowest BCUT2D eigenvalue weighted by atomic mass is 10.1. The number of hydrogen-bond donors (Lipinski definition) is 2. The van der Waals surface area contributed by atoms with E-state index in [1.54, 1.807) is 0 Å². The SMILES string of the molecule is CC(CN)CC(=O)NC(C)CN1CCOCC1. The predicted octanol–water partition coefficient (Wildman–Crippen LogP) is -0.192. The van der Waals surface area contributed by atoms with Crippen molar-refractivity contribution in [3.63, 3.8) is 0 Å². The summed E-state index contributed by atoms with van der Waals surface area (Å²) in [6.07, 6.45) is 0.518. The van der Waals surface area contributed by atoms with Gasteiger partial charge in [-0.1, -0.05) is 6.92 Å². The number of carbonyl (C=O) groups is 1. The molecule has 17 heavy (non-hydrogen) atoms. The van der Waals surface area contributed by atoms with Crippen LogP contribution in [0.2, 0.25) is 0 Å². The second-order valence-corrected chi connectivity index (χ2v) is 4.93. The van der Waals surface area contributed by atoms with Gasteiger partial charge in [0.25, 0.3) is 0 Å². The fourth-order valence-electron chi connectivity index (χ4n) is 1.95. The number of nitrogens with two attached hydrogens (primary N) is 1. The zero-order valence-electron chi connectivity index (χ0n) is 10.9. The zero-order valence-corrected chi connectivity index (χ0v) is 10.9. The number of nitrogens with one attached hydrogen (secondary N) is 1. The minimum absolute atomic E-state index is 0.101. The van der Waals surface area contributed by atoms with Crippen LogP contribution in [0.1, 0.15) is 20.3 Å². The molecule has 0 aromatic rings. The van der Waals surface area contributed by atoms with E-state index in [4.69, 9.17) is 10.5 Å². The molecule has 0 spiro atoms. The summed E-state index contributed by atoms with van der Waals surface area (Å²) in [7, 11) is 0. The van der Waals surface area contributed by atoms with Crippen LogP contribution in [0.5, 0.6) is 0 Å². The molecule has 0 aliphatic carbocycles. The van der Waals surface area contributed by atoms with E-state index >= 15 is 0 Å². The van der Waals surface area contributed by atoms with Crippen molar-refractivity contribution >= 4 is 5.91 Å². The summed E-state index contributed by atoms with van der Waals surface area (Å²) in [4.78, 5) is 14.0. The van der Waals surface area contributed by atoms with Gasteiger partial charge in [-0.25, -0.2) is 0 Å². The van der Waals surface area contributed by atoms with E-state index in [0.717, 1.165) is 32.8 Å². The van der Waals surface area contributed by atoms with Crippen LogP contribution in [-0.4, -0.2) is 56.2 Å². The van der Waals surface area contributed by atoms with Crippen LogP contribution < -0.4 is 11.1 Å². The molecule has 0 bridgehead atoms. The van der Waals surface area contributed by atoms with Crippen molar-refractivity contribution in [2.45, 2.75) is 26.3 Å². The number of morpholine rings is 1. The van der Waals surface area contributed by atoms with E-state index in [2.05, 4.69) is 10.2 Å². The van der Waals surface area contributed by atoms with Gasteiger partial charge in [-0.05, 0) is 19.4 Å². The standard InChI is InChI=1S/C12H25N3O2/c1-10(8-13)7-12(16)14-11(2)9-15-3-5-17-6-4-15/h10-11H,3-9,13H2,1-2H3,(H,14,16). The van der Waals surface area contributed by atoms with E-state index < -0.39 is 0 Å². The van der Waals surface area contributed by atoms with E-state index in [9.17, 15) is 4.79 Å². The third-order valence-corrected chi connectivity index (χ3v) is 2.98. The lowest BCUT2D eigenvalue weighted by Crippen LogP contribution is -2.46. The van der Waals surface area contributed by atoms with Gasteiger partial charge in [0.1, 0.15) is 0 Å². The molecule has 5 heteroatoms. The number of carbonyl (C=O) groups excluding carboxylic acids is 1. The van der Waals surface area contributed by atoms with Crippen LogP contribution in [0.4, 0.5) is 0 Å². The number of amides is 1. The molecule has 0 radical (unpaired) electrons. The highest BCUT2D eigenvalue weighted by atomic mass is 16.5. The molecule has 3 N–H and O–H groups in total. The van der Waals surface area contributed by atoms with E-state index in [0.29, 0.717) is 13.0 Å². The molecule has 0 aromatic carbocycles. The normalized spacial score (nSPS) is 20.9. The van der Waals surface area contributed by atoms with Crippen LogP contribution >= 0.6 is 0 Å². The first-order valence-corrected chi connectivity index (χ1v) is 6.41. The highest BCUT2D eigenvalue weighted by Gasteiger charge is 2.15. The molecule has 1 saturated heterocycles. The monoisotopic (exact) mass is 243 g/mol. The average molecular weight is 243 g/mol. The van der Waals surface area contributed by atoms with Gasteiger partial charge in [0.2, 0.25) is 5.91 Å². The molecule has 1 aliphatic heterocycles. The molecular weight excluding hydrogens is 218 g/mol. The summed E-state index contributed by atoms with van der Waals surface area (Å²) in [5.74, 6) is 0.356. The van der Waals surface area contributed by atoms with Crippen LogP contribution in [0.15, 0.2) is 0 Å². The molecule has 1 heterocycles. The Morgan fingerprint density at radius 1 is 1.41 bits per heavy atom. The van der Waals surface area contributed by atoms with Crippen LogP contribution in [0, 0.1) is 5.92 Å². The van der Waals surface area contributed by atoms with E-state index in [-0.39, 0.29) is 17.9 Å². The third-order valence-electron chi connectivity index (χ3n) is 2.98. The maximum absolute atomic E-state index is 11.7. The summed E-state index contributed by atoms with van der Waals surface area (Å²) in [5, 5.41) is 3.02. The Balaban J connectivity index is 2.18. The third kappa shape index (κ3) is 6.00. The van der Waals surface area contributed by atoms with Gasteiger partial charge >= 0.3 is 0 Å². The van der Waals surface area contributed by atoms with Crippen LogP contribution in [-0.2, 0) is 9.53 Å². The Kier molecular flexibility index (Phi) is 6.47. The molecule has 0 saturated carbocycles. The Morgan fingerprint density at radius 2 is 2.06 bits per heavy atom. The summed E-state index contributed by atoms with van der Waals surface area (Å²) in [6.45, 7) is 9.00. The van der Waals surface area contributed by atoms with Gasteiger partial charge in [-0.15, -0.1) is 0 Å². The molecule has 2 atom stereocenters. The number of rotatable bonds is 6. The molecule has 1 fully saturated rings. The van der Waals surface area contributed by atoms with Gasteiger partial charge < -0.3 is 15.8 Å². The fourth-order valence-corrected chi connectivity index (χ4v) is 1.95. The first kappa shape index (κ1) is 14.4. The minimum atomic E-state index is 0.101. The smallest absolute Gasteiger partial charge is 0.220 e. The second-order valence-electron chi connectivity index (χ2n) is 4.93. The van der Waals surface area contributed by atoms with Crippen molar-refractivity contribution < 1.29 is 9.53 Å². The Labute approximate surface area is 104 Å². The van der Waals surface area contributed by atoms with Crippen LogP contribution in [0.25, 0.3) is 0 Å². The van der Waals surface area contributed by atoms with Gasteiger partial charge in [0.15, 0.2) is 0 Å². The first-order valence-electron chi connectivity index (χ1n) is 6.41. The Morgan fingerprint density at radius 3 is 2.65 bits per heavy atom. The topological polar surface area (TPSA) is 67.6 Å². The maximum atomic E-state index is 11.7. The lowest BCUT2D eigenvalue weighted by molar-refractivity contribution is -0.122. The molecule has 5 nitrogen and oxygen atoms in total. The summed E-state index contributed by atoms with van der Waals surface area (Å²) in [6, 6.07) is 0.186. The second kappa shape index (κ2) is 7.63. The maximum Gasteiger partial charge on any atom is 0.220 e. The van der Waals surface area contributed by atoms with Crippen molar-refractivity contribution in [2.75, 3.05) is 39.4 Å². The average Bonchev–Trinajstić information content (AvgIpc) is 2.29. The molecule has 1 aliphatic rings. The van der Waals surface area contributed by atoms with Crippen molar-refractivity contribution in [2.24, 2.45) is 11.7 Å². The summed E-state index contributed by atoms with van der Waals surface area (Å²) >= 11 is 0. The van der Waals surface area contributed by atoms with Gasteiger partial charge in [-0.3, -0.25) is 9.69 Å². The highest BCUT2D eigenvalue weighted by Crippen LogP contribution is 2.01. The number of hydrogen-bond acceptors (Lipinski definition) is 4. The first-order chi connectivity index (χ1) is 8.11. The van der Waals surface area contributed by atoms with Crippen molar-refractivity contribution in [1.29, 1.82) is 0 Å². The Hall–Kier alpha value is -0.650. The Bertz CT molecular complexity index is 230. The predicted molar refractivity (Wildman–Crippen MR) is 67.7 cm³/mol. The number of nitrogens with zero attached hydrogens (tertiary/aromatic N) is 1. The largest absolute Gasteiger partial charge is 0.379 e. The molecular formula is C12H25N3O2. The fraction of sp³-hybridized carbons (Fsp3) is 0.917. The zero-order chi connectivity index (χ0) is 12.7. The molecule has 100 valence electrons. The van der Waals surface area contributed by atoms with Gasteiger partial charge in [0, 0.05) is 32.1 Å². The molecule has 0 aromatic heterocycles. The lowest BCUT2D eigenvalue weighted by Gasteiger charge is -2.29. The highest BCUT2D eigenvalue weighted by molar-refractivity contribution is 5.76. The molecule has 2 unspecified atom stereocenters. The van der Waals surface area contributed by atoms with E-state index in [1.165, 1.54) is 0 Å². The minimum Gasteiger partial charge on any atom is -0.379 e. The van der Waals surface area contributed by atoms with Crippen molar-refractivity contribution in [1.82, 2.24) is 10.2 Å². The van der Waals surface area contributed by atoms with Crippen LogP contribution in [0.3, 0.4) is 0 Å². The molecule has 1 amide bonds. The number of ether oxygens (including phenoxy) is 1. The molecule has 1 rings (SSSR count). The summed E-state index contributed by atoms with van der Waals surface area (Å²) in [5.41, 5.74) is 5.50. The van der Waals surface area contributed by atoms with Crippen molar-refractivity contribution in [3.8, 4) is 0 Å². The van der Waals surface area contributed by atoms with E-state index in [1.807, 2.05) is 13.8 Å². The quantitative estimate of drug-likeness (QED) is 0.678. The summed E-state index contributed by atoms with van der Waals surface area (Å²) < 4.78 is 5.29. The van der Waals surface area contributed by atoms with Crippen molar-refractivity contribution in [3.05, 3.63) is 0 Å².